The highest BCUT2D eigenvalue weighted by molar-refractivity contribution is 5.89. The number of rotatable bonds is 6. The van der Waals surface area contributed by atoms with Crippen molar-refractivity contribution >= 4 is 5.97 Å². The maximum Gasteiger partial charge on any atom is 0.337 e. The Hall–Kier alpha value is -3.19. The average Bonchev–Trinajstić information content (AvgIpc) is 3.33. The third kappa shape index (κ3) is 3.89. The van der Waals surface area contributed by atoms with Gasteiger partial charge < -0.3 is 14.0 Å². The van der Waals surface area contributed by atoms with E-state index < -0.39 is 0 Å². The summed E-state index contributed by atoms with van der Waals surface area (Å²) in [7, 11) is 3.36. The number of esters is 1. The molecule has 4 rings (SSSR count). The fourth-order valence-corrected chi connectivity index (χ4v) is 3.31. The van der Waals surface area contributed by atoms with Crippen LogP contribution in [0.25, 0.3) is 11.4 Å². The molecule has 0 aliphatic carbocycles. The predicted octanol–water partition coefficient (Wildman–Crippen LogP) is 2.96. The van der Waals surface area contributed by atoms with Gasteiger partial charge in [0.2, 0.25) is 11.7 Å². The quantitative estimate of drug-likeness (QED) is 0.609. The van der Waals surface area contributed by atoms with Gasteiger partial charge >= 0.3 is 5.97 Å². The topological polar surface area (TPSA) is 77.7 Å². The van der Waals surface area contributed by atoms with Crippen molar-refractivity contribution in [2.75, 3.05) is 20.7 Å². The first-order valence-corrected chi connectivity index (χ1v) is 9.07. The van der Waals surface area contributed by atoms with Gasteiger partial charge in [-0.1, -0.05) is 35.5 Å². The van der Waals surface area contributed by atoms with Gasteiger partial charge in [-0.15, -0.1) is 0 Å². The lowest BCUT2D eigenvalue weighted by molar-refractivity contribution is 0.0600. The summed E-state index contributed by atoms with van der Waals surface area (Å²) in [6, 6.07) is 15.0. The van der Waals surface area contributed by atoms with Crippen molar-refractivity contribution in [3.05, 3.63) is 65.5 Å². The Balaban J connectivity index is 1.35. The third-order valence-electron chi connectivity index (χ3n) is 4.67. The summed E-state index contributed by atoms with van der Waals surface area (Å²) in [6.07, 6.45) is 1.03. The molecule has 2 aromatic carbocycles. The summed E-state index contributed by atoms with van der Waals surface area (Å²) in [5.74, 6) is 1.61. The van der Waals surface area contributed by atoms with Gasteiger partial charge in [0.1, 0.15) is 11.9 Å². The fourth-order valence-electron chi connectivity index (χ4n) is 3.31. The van der Waals surface area contributed by atoms with E-state index in [0.717, 1.165) is 24.3 Å². The Kier molecular flexibility index (Phi) is 5.08. The van der Waals surface area contributed by atoms with E-state index in [1.807, 2.05) is 25.2 Å². The van der Waals surface area contributed by atoms with Crippen LogP contribution in [0.15, 0.2) is 53.1 Å². The molecule has 0 unspecified atom stereocenters. The van der Waals surface area contributed by atoms with Gasteiger partial charge in [0.05, 0.1) is 19.2 Å². The first-order chi connectivity index (χ1) is 13.6. The predicted molar refractivity (Wildman–Crippen MR) is 102 cm³/mol. The van der Waals surface area contributed by atoms with Gasteiger partial charge in [-0.05, 0) is 30.8 Å². The van der Waals surface area contributed by atoms with Crippen LogP contribution in [0.2, 0.25) is 0 Å². The molecule has 0 bridgehead atoms. The van der Waals surface area contributed by atoms with Crippen LogP contribution >= 0.6 is 0 Å². The smallest absolute Gasteiger partial charge is 0.337 e. The number of likely N-dealkylation sites (N-methyl/N-ethyl adjacent to an activating group) is 1. The number of benzene rings is 2. The molecule has 0 radical (unpaired) electrons. The number of fused-ring (bicyclic) bond motifs is 1. The molecule has 28 heavy (non-hydrogen) atoms. The molecular formula is C21H21N3O4. The highest BCUT2D eigenvalue weighted by atomic mass is 16.5. The minimum atomic E-state index is -0.377. The monoisotopic (exact) mass is 379 g/mol. The van der Waals surface area contributed by atoms with Crippen LogP contribution in [0.1, 0.15) is 21.8 Å². The number of methoxy groups -OCH3 is 1. The van der Waals surface area contributed by atoms with Crippen molar-refractivity contribution < 1.29 is 18.8 Å². The molecule has 144 valence electrons. The molecule has 0 saturated carbocycles. The molecule has 0 amide bonds. The molecular weight excluding hydrogens is 358 g/mol. The summed E-state index contributed by atoms with van der Waals surface area (Å²) in [6.45, 7) is 1.30. The second-order valence-corrected chi connectivity index (χ2v) is 6.83. The number of hydrogen-bond acceptors (Lipinski definition) is 7. The van der Waals surface area contributed by atoms with Crippen LogP contribution in [0.4, 0.5) is 0 Å². The summed E-state index contributed by atoms with van der Waals surface area (Å²) in [5, 5.41) is 4.04. The van der Waals surface area contributed by atoms with Crippen molar-refractivity contribution in [2.45, 2.75) is 19.1 Å². The van der Waals surface area contributed by atoms with Gasteiger partial charge in [0.15, 0.2) is 0 Å². The van der Waals surface area contributed by atoms with Crippen molar-refractivity contribution in [3.63, 3.8) is 0 Å². The van der Waals surface area contributed by atoms with Gasteiger partial charge in [0.25, 0.3) is 0 Å². The van der Waals surface area contributed by atoms with Gasteiger partial charge in [-0.2, -0.15) is 4.98 Å². The van der Waals surface area contributed by atoms with E-state index >= 15 is 0 Å². The fraction of sp³-hybridized carbons (Fsp3) is 0.286. The Morgan fingerprint density at radius 2 is 2.00 bits per heavy atom. The number of aromatic nitrogens is 2. The molecule has 0 spiro atoms. The number of para-hydroxylation sites is 1. The number of ether oxygens (including phenoxy) is 2. The zero-order chi connectivity index (χ0) is 19.5. The third-order valence-corrected chi connectivity index (χ3v) is 4.67. The number of hydrogen-bond donors (Lipinski definition) is 0. The summed E-state index contributed by atoms with van der Waals surface area (Å²) in [4.78, 5) is 18.1. The molecule has 1 aliphatic heterocycles. The highest BCUT2D eigenvalue weighted by Gasteiger charge is 2.24. The summed E-state index contributed by atoms with van der Waals surface area (Å²) < 4.78 is 16.1. The number of carbonyl (C=O) groups excluding carboxylic acids is 1. The Morgan fingerprint density at radius 3 is 2.75 bits per heavy atom. The van der Waals surface area contributed by atoms with E-state index in [1.165, 1.54) is 12.7 Å². The van der Waals surface area contributed by atoms with E-state index in [4.69, 9.17) is 14.0 Å². The lowest BCUT2D eigenvalue weighted by atomic mass is 10.1. The van der Waals surface area contributed by atoms with Gasteiger partial charge in [-0.3, -0.25) is 4.90 Å². The van der Waals surface area contributed by atoms with E-state index in [0.29, 0.717) is 23.8 Å². The molecule has 7 heteroatoms. The van der Waals surface area contributed by atoms with Crippen LogP contribution < -0.4 is 4.74 Å². The number of nitrogens with zero attached hydrogens (tertiary/aromatic N) is 3. The molecule has 1 atom stereocenters. The maximum absolute atomic E-state index is 11.5. The zero-order valence-corrected chi connectivity index (χ0v) is 15.8. The van der Waals surface area contributed by atoms with Crippen molar-refractivity contribution in [3.8, 4) is 17.1 Å². The van der Waals surface area contributed by atoms with E-state index in [1.54, 1.807) is 24.3 Å². The molecule has 0 N–H and O–H groups in total. The van der Waals surface area contributed by atoms with Crippen molar-refractivity contribution in [1.82, 2.24) is 15.0 Å². The summed E-state index contributed by atoms with van der Waals surface area (Å²) >= 11 is 0. The lowest BCUT2D eigenvalue weighted by Crippen LogP contribution is -2.31. The van der Waals surface area contributed by atoms with Crippen molar-refractivity contribution in [1.29, 1.82) is 0 Å². The van der Waals surface area contributed by atoms with E-state index in [2.05, 4.69) is 21.1 Å². The second kappa shape index (κ2) is 7.82. The average molecular weight is 379 g/mol. The van der Waals surface area contributed by atoms with Crippen LogP contribution in [0.5, 0.6) is 5.75 Å². The minimum Gasteiger partial charge on any atom is -0.488 e. The molecule has 0 saturated heterocycles. The maximum atomic E-state index is 11.5. The number of carbonyl (C=O) groups is 1. The van der Waals surface area contributed by atoms with E-state index in [-0.39, 0.29) is 12.1 Å². The minimum absolute atomic E-state index is 0.121. The molecule has 0 fully saturated rings. The van der Waals surface area contributed by atoms with Crippen LogP contribution in [-0.4, -0.2) is 47.8 Å². The normalized spacial score (nSPS) is 15.3. The lowest BCUT2D eigenvalue weighted by Gasteiger charge is -2.18. The summed E-state index contributed by atoms with van der Waals surface area (Å²) in [5.41, 5.74) is 2.50. The Morgan fingerprint density at radius 1 is 1.21 bits per heavy atom. The molecule has 7 nitrogen and oxygen atoms in total. The van der Waals surface area contributed by atoms with Crippen LogP contribution in [0, 0.1) is 0 Å². The van der Waals surface area contributed by atoms with E-state index in [9.17, 15) is 4.79 Å². The van der Waals surface area contributed by atoms with Crippen LogP contribution in [-0.2, 0) is 17.7 Å². The van der Waals surface area contributed by atoms with Crippen LogP contribution in [0.3, 0.4) is 0 Å². The van der Waals surface area contributed by atoms with Gasteiger partial charge in [0, 0.05) is 18.5 Å². The zero-order valence-electron chi connectivity index (χ0n) is 15.8. The largest absolute Gasteiger partial charge is 0.488 e. The second-order valence-electron chi connectivity index (χ2n) is 6.83. The molecule has 1 aliphatic rings. The molecule has 1 aromatic heterocycles. The van der Waals surface area contributed by atoms with Gasteiger partial charge in [-0.25, -0.2) is 4.79 Å². The Labute approximate surface area is 162 Å². The Bertz CT molecular complexity index is 943. The first-order valence-electron chi connectivity index (χ1n) is 9.07. The molecule has 2 heterocycles. The van der Waals surface area contributed by atoms with Crippen molar-refractivity contribution in [2.24, 2.45) is 0 Å². The SMILES string of the molecule is COC(=O)c1ccc(-c2noc(CN(C)C[C@H]3Cc4ccccc4O3)n2)cc1. The molecule has 3 aromatic rings. The first kappa shape index (κ1) is 18.2. The standard InChI is InChI=1S/C21H21N3O4/c1-24(12-17-11-16-5-3-4-6-18(16)27-17)13-19-22-20(23-28-19)14-7-9-15(10-8-14)21(25)26-2/h3-10,17H,11-13H2,1-2H3/t17-/m1/s1. The highest BCUT2D eigenvalue weighted by Crippen LogP contribution is 2.28.